The number of aliphatic hydroxyl groups excluding tert-OH is 1. The molecule has 1 atom stereocenters. The lowest BCUT2D eigenvalue weighted by atomic mass is 10.0. The summed E-state index contributed by atoms with van der Waals surface area (Å²) in [6.07, 6.45) is 34.4. The predicted octanol–water partition coefficient (Wildman–Crippen LogP) is 10.5. The summed E-state index contributed by atoms with van der Waals surface area (Å²) in [4.78, 5) is 12.1. The first-order valence-electron chi connectivity index (χ1n) is 17.1. The Balaban J connectivity index is 3.32. The predicted molar refractivity (Wildman–Crippen MR) is 164 cm³/mol. The Bertz CT molecular complexity index is 454. The van der Waals surface area contributed by atoms with Crippen molar-refractivity contribution in [3.8, 4) is 0 Å². The second-order valence-corrected chi connectivity index (χ2v) is 11.6. The summed E-state index contributed by atoms with van der Waals surface area (Å²) in [5.41, 5.74) is 0. The molecular formula is C34H68O4. The van der Waals surface area contributed by atoms with Crippen LogP contribution in [0.4, 0.5) is 0 Å². The molecule has 0 heterocycles. The molecule has 0 bridgehead atoms. The minimum Gasteiger partial charge on any atom is -0.457 e. The van der Waals surface area contributed by atoms with Gasteiger partial charge in [-0.05, 0) is 12.8 Å². The summed E-state index contributed by atoms with van der Waals surface area (Å²) in [6, 6.07) is 0. The van der Waals surface area contributed by atoms with Crippen LogP contribution in [-0.4, -0.2) is 37.0 Å². The molecule has 0 saturated heterocycles. The summed E-state index contributed by atoms with van der Waals surface area (Å²) in [5.74, 6) is -0.199. The van der Waals surface area contributed by atoms with Crippen molar-refractivity contribution in [2.75, 3.05) is 19.8 Å². The minimum absolute atomic E-state index is 0.165. The molecule has 4 heteroatoms. The quantitative estimate of drug-likeness (QED) is 0.0681. The summed E-state index contributed by atoms with van der Waals surface area (Å²) >= 11 is 0. The molecule has 0 fully saturated rings. The minimum atomic E-state index is -0.521. The van der Waals surface area contributed by atoms with Gasteiger partial charge in [0.15, 0.2) is 0 Å². The maximum atomic E-state index is 12.1. The van der Waals surface area contributed by atoms with E-state index < -0.39 is 6.10 Å². The lowest BCUT2D eigenvalue weighted by Crippen LogP contribution is -2.27. The highest BCUT2D eigenvalue weighted by Crippen LogP contribution is 2.15. The highest BCUT2D eigenvalue weighted by atomic mass is 16.6. The van der Waals surface area contributed by atoms with Crippen molar-refractivity contribution in [3.05, 3.63) is 0 Å². The maximum Gasteiger partial charge on any atom is 0.306 e. The molecule has 1 unspecified atom stereocenters. The van der Waals surface area contributed by atoms with Crippen molar-refractivity contribution >= 4 is 5.97 Å². The molecule has 0 aromatic heterocycles. The van der Waals surface area contributed by atoms with Crippen LogP contribution in [0.5, 0.6) is 0 Å². The van der Waals surface area contributed by atoms with E-state index >= 15 is 0 Å². The normalized spacial score (nSPS) is 12.2. The van der Waals surface area contributed by atoms with Gasteiger partial charge in [0.2, 0.25) is 0 Å². The molecule has 38 heavy (non-hydrogen) atoms. The van der Waals surface area contributed by atoms with Crippen molar-refractivity contribution in [3.63, 3.8) is 0 Å². The highest BCUT2D eigenvalue weighted by molar-refractivity contribution is 5.69. The van der Waals surface area contributed by atoms with Crippen molar-refractivity contribution in [1.29, 1.82) is 0 Å². The van der Waals surface area contributed by atoms with Crippen LogP contribution in [0.2, 0.25) is 0 Å². The van der Waals surface area contributed by atoms with E-state index in [0.717, 1.165) is 19.3 Å². The van der Waals surface area contributed by atoms with Crippen molar-refractivity contribution < 1.29 is 19.4 Å². The average Bonchev–Trinajstić information content (AvgIpc) is 2.92. The van der Waals surface area contributed by atoms with E-state index in [4.69, 9.17) is 9.47 Å². The molecule has 0 aromatic carbocycles. The topological polar surface area (TPSA) is 55.8 Å². The Morgan fingerprint density at radius 2 is 0.868 bits per heavy atom. The van der Waals surface area contributed by atoms with Gasteiger partial charge in [-0.2, -0.15) is 0 Å². The van der Waals surface area contributed by atoms with E-state index in [0.29, 0.717) is 19.6 Å². The van der Waals surface area contributed by atoms with Crippen LogP contribution in [0, 0.1) is 0 Å². The number of carbonyl (C=O) groups is 1. The Morgan fingerprint density at radius 3 is 1.24 bits per heavy atom. The van der Waals surface area contributed by atoms with Gasteiger partial charge in [-0.3, -0.25) is 4.79 Å². The number of ether oxygens (including phenoxy) is 2. The number of hydrogen-bond donors (Lipinski definition) is 1. The number of hydrogen-bond acceptors (Lipinski definition) is 4. The van der Waals surface area contributed by atoms with Crippen LogP contribution in [0.1, 0.15) is 187 Å². The van der Waals surface area contributed by atoms with Crippen LogP contribution in [0.25, 0.3) is 0 Å². The zero-order valence-corrected chi connectivity index (χ0v) is 26.0. The van der Waals surface area contributed by atoms with Crippen LogP contribution >= 0.6 is 0 Å². The number of carbonyl (C=O) groups excluding carboxylic acids is 1. The van der Waals surface area contributed by atoms with E-state index in [1.807, 2.05) is 0 Å². The van der Waals surface area contributed by atoms with Gasteiger partial charge in [0.1, 0.15) is 6.10 Å². The van der Waals surface area contributed by atoms with Gasteiger partial charge in [-0.15, -0.1) is 0 Å². The fraction of sp³-hybridized carbons (Fsp3) is 0.971. The van der Waals surface area contributed by atoms with Gasteiger partial charge in [-0.1, -0.05) is 168 Å². The molecule has 0 amide bonds. The van der Waals surface area contributed by atoms with Crippen LogP contribution in [-0.2, 0) is 14.3 Å². The molecule has 0 spiro atoms. The zero-order chi connectivity index (χ0) is 27.8. The molecule has 0 rings (SSSR count). The van der Waals surface area contributed by atoms with E-state index in [1.165, 1.54) is 148 Å². The molecule has 4 nitrogen and oxygen atoms in total. The first-order valence-corrected chi connectivity index (χ1v) is 17.1. The average molecular weight is 541 g/mol. The third-order valence-corrected chi connectivity index (χ3v) is 7.68. The second kappa shape index (κ2) is 32.6. The van der Waals surface area contributed by atoms with Gasteiger partial charge in [-0.25, -0.2) is 0 Å². The summed E-state index contributed by atoms with van der Waals surface area (Å²) in [6.45, 7) is 5.33. The molecular weight excluding hydrogens is 472 g/mol. The first-order chi connectivity index (χ1) is 18.7. The Hall–Kier alpha value is -0.610. The summed E-state index contributed by atoms with van der Waals surface area (Å²) in [7, 11) is 0. The van der Waals surface area contributed by atoms with Gasteiger partial charge >= 0.3 is 5.97 Å². The Morgan fingerprint density at radius 1 is 0.526 bits per heavy atom. The van der Waals surface area contributed by atoms with Crippen molar-refractivity contribution in [1.82, 2.24) is 0 Å². The van der Waals surface area contributed by atoms with Gasteiger partial charge < -0.3 is 14.6 Å². The van der Waals surface area contributed by atoms with Gasteiger partial charge in [0.05, 0.1) is 13.2 Å². The number of aliphatic hydroxyl groups is 1. The Kier molecular flexibility index (Phi) is 32.1. The van der Waals surface area contributed by atoms with Gasteiger partial charge in [0.25, 0.3) is 0 Å². The van der Waals surface area contributed by atoms with Gasteiger partial charge in [0, 0.05) is 13.0 Å². The third kappa shape index (κ3) is 29.9. The maximum absolute atomic E-state index is 12.1. The van der Waals surface area contributed by atoms with E-state index in [2.05, 4.69) is 13.8 Å². The highest BCUT2D eigenvalue weighted by Gasteiger charge is 2.13. The van der Waals surface area contributed by atoms with Crippen LogP contribution in [0.15, 0.2) is 0 Å². The van der Waals surface area contributed by atoms with E-state index in [9.17, 15) is 9.90 Å². The molecule has 0 radical (unpaired) electrons. The molecule has 0 aliphatic heterocycles. The van der Waals surface area contributed by atoms with E-state index in [1.54, 1.807) is 0 Å². The smallest absolute Gasteiger partial charge is 0.306 e. The van der Waals surface area contributed by atoms with Crippen LogP contribution in [0.3, 0.4) is 0 Å². The molecule has 0 aliphatic rings. The summed E-state index contributed by atoms with van der Waals surface area (Å²) < 4.78 is 11.0. The van der Waals surface area contributed by atoms with Crippen LogP contribution < -0.4 is 0 Å². The largest absolute Gasteiger partial charge is 0.457 e. The molecule has 0 aliphatic carbocycles. The lowest BCUT2D eigenvalue weighted by Gasteiger charge is -2.15. The fourth-order valence-electron chi connectivity index (χ4n) is 5.09. The van der Waals surface area contributed by atoms with Crippen molar-refractivity contribution in [2.24, 2.45) is 0 Å². The molecule has 0 aromatic rings. The van der Waals surface area contributed by atoms with Crippen molar-refractivity contribution in [2.45, 2.75) is 193 Å². The summed E-state index contributed by atoms with van der Waals surface area (Å²) in [5, 5.41) is 9.46. The third-order valence-electron chi connectivity index (χ3n) is 7.68. The standard InChI is InChI=1S/C34H68O4/c1-3-5-7-9-11-12-13-14-15-16-17-18-19-20-21-22-23-24-25-27-29-34(36)38-33(31-35)32-37-30-28-26-10-8-6-4-2/h33,35H,3-32H2,1-2H3. The molecule has 0 saturated carbocycles. The van der Waals surface area contributed by atoms with E-state index in [-0.39, 0.29) is 12.6 Å². The molecule has 1 N–H and O–H groups in total. The number of esters is 1. The number of rotatable bonds is 32. The first kappa shape index (κ1) is 37.4. The monoisotopic (exact) mass is 541 g/mol. The Labute approximate surface area is 238 Å². The lowest BCUT2D eigenvalue weighted by molar-refractivity contribution is -0.154. The second-order valence-electron chi connectivity index (χ2n) is 11.6. The molecule has 228 valence electrons. The zero-order valence-electron chi connectivity index (χ0n) is 26.0. The SMILES string of the molecule is CCCCCCCCCCCCCCCCCCCCCCC(=O)OC(CO)COCCCCCCCC. The fourth-order valence-corrected chi connectivity index (χ4v) is 5.09. The number of unbranched alkanes of at least 4 members (excludes halogenated alkanes) is 24.